The van der Waals surface area contributed by atoms with Crippen molar-refractivity contribution in [2.24, 2.45) is 11.8 Å². The van der Waals surface area contributed by atoms with Gasteiger partial charge < -0.3 is 10.6 Å². The van der Waals surface area contributed by atoms with E-state index in [1.165, 1.54) is 19.3 Å². The molecule has 1 fully saturated rings. The molecule has 1 aliphatic rings. The van der Waals surface area contributed by atoms with E-state index in [1.54, 1.807) is 12.3 Å². The second-order valence-corrected chi connectivity index (χ2v) is 5.74. The van der Waals surface area contributed by atoms with Crippen LogP contribution in [0.5, 0.6) is 0 Å². The molecule has 1 aliphatic carbocycles. The maximum Gasteiger partial charge on any atom is 0.269 e. The molecule has 1 saturated carbocycles. The molecule has 4 heteroatoms. The molecule has 1 amide bonds. The van der Waals surface area contributed by atoms with Crippen LogP contribution in [0.4, 0.5) is 5.69 Å². The minimum absolute atomic E-state index is 0.0638. The van der Waals surface area contributed by atoms with Crippen LogP contribution in [0.15, 0.2) is 18.3 Å². The lowest BCUT2D eigenvalue weighted by Crippen LogP contribution is -2.30. The van der Waals surface area contributed by atoms with Crippen LogP contribution < -0.4 is 10.6 Å². The minimum Gasteiger partial charge on any atom is -0.384 e. The zero-order valence-electron chi connectivity index (χ0n) is 12.5. The second kappa shape index (κ2) is 7.27. The predicted octanol–water partition coefficient (Wildman–Crippen LogP) is 3.07. The standard InChI is InChI=1S/C16H25N3O/c1-3-9-17-14-7-8-15(18-11-14)16(20)19-10-13-6-4-5-12(13)2/h7-8,11-13,17H,3-6,9-10H2,1-2H3,(H,19,20). The largest absolute Gasteiger partial charge is 0.384 e. The van der Waals surface area contributed by atoms with E-state index in [9.17, 15) is 4.79 Å². The third-order valence-electron chi connectivity index (χ3n) is 4.14. The fourth-order valence-corrected chi connectivity index (χ4v) is 2.74. The van der Waals surface area contributed by atoms with E-state index in [1.807, 2.05) is 6.07 Å². The van der Waals surface area contributed by atoms with Crippen LogP contribution in [0.1, 0.15) is 50.0 Å². The van der Waals surface area contributed by atoms with Crippen LogP contribution in [0.3, 0.4) is 0 Å². The number of nitrogens with zero attached hydrogens (tertiary/aromatic N) is 1. The Morgan fingerprint density at radius 3 is 2.85 bits per heavy atom. The van der Waals surface area contributed by atoms with Crippen LogP contribution in [-0.4, -0.2) is 24.0 Å². The fourth-order valence-electron chi connectivity index (χ4n) is 2.74. The lowest BCUT2D eigenvalue weighted by molar-refractivity contribution is 0.0939. The molecule has 0 aromatic carbocycles. The number of carbonyl (C=O) groups excluding carboxylic acids is 1. The summed E-state index contributed by atoms with van der Waals surface area (Å²) in [4.78, 5) is 16.3. The van der Waals surface area contributed by atoms with Gasteiger partial charge in [0.05, 0.1) is 11.9 Å². The molecule has 0 aliphatic heterocycles. The summed E-state index contributed by atoms with van der Waals surface area (Å²) >= 11 is 0. The molecular weight excluding hydrogens is 250 g/mol. The van der Waals surface area contributed by atoms with E-state index in [0.29, 0.717) is 11.6 Å². The Hall–Kier alpha value is -1.58. The Labute approximate surface area is 121 Å². The number of nitrogens with one attached hydrogen (secondary N) is 2. The maximum absolute atomic E-state index is 12.0. The molecule has 0 spiro atoms. The summed E-state index contributed by atoms with van der Waals surface area (Å²) in [6.07, 6.45) is 6.60. The highest BCUT2D eigenvalue weighted by atomic mass is 16.1. The Balaban J connectivity index is 1.82. The van der Waals surface area contributed by atoms with Crippen LogP contribution >= 0.6 is 0 Å². The number of rotatable bonds is 6. The van der Waals surface area contributed by atoms with Gasteiger partial charge in [0, 0.05) is 13.1 Å². The zero-order chi connectivity index (χ0) is 14.4. The third-order valence-corrected chi connectivity index (χ3v) is 4.14. The molecule has 1 heterocycles. The minimum atomic E-state index is -0.0638. The number of pyridine rings is 1. The first-order valence-electron chi connectivity index (χ1n) is 7.68. The summed E-state index contributed by atoms with van der Waals surface area (Å²) < 4.78 is 0. The Morgan fingerprint density at radius 1 is 1.40 bits per heavy atom. The van der Waals surface area contributed by atoms with Gasteiger partial charge in [0.25, 0.3) is 5.91 Å². The number of hydrogen-bond acceptors (Lipinski definition) is 3. The van der Waals surface area contributed by atoms with Crippen molar-refractivity contribution < 1.29 is 4.79 Å². The van der Waals surface area contributed by atoms with Crippen LogP contribution in [0.25, 0.3) is 0 Å². The summed E-state index contributed by atoms with van der Waals surface area (Å²) in [5.41, 5.74) is 1.46. The zero-order valence-corrected chi connectivity index (χ0v) is 12.5. The molecule has 2 unspecified atom stereocenters. The molecule has 4 nitrogen and oxygen atoms in total. The fraction of sp³-hybridized carbons (Fsp3) is 0.625. The lowest BCUT2D eigenvalue weighted by Gasteiger charge is -2.15. The molecule has 1 aromatic heterocycles. The van der Waals surface area contributed by atoms with Gasteiger partial charge in [-0.15, -0.1) is 0 Å². The highest BCUT2D eigenvalue weighted by Gasteiger charge is 2.23. The predicted molar refractivity (Wildman–Crippen MR) is 81.9 cm³/mol. The van der Waals surface area contributed by atoms with Gasteiger partial charge >= 0.3 is 0 Å². The molecule has 20 heavy (non-hydrogen) atoms. The van der Waals surface area contributed by atoms with E-state index in [2.05, 4.69) is 29.5 Å². The van der Waals surface area contributed by atoms with Crippen LogP contribution in [0.2, 0.25) is 0 Å². The van der Waals surface area contributed by atoms with E-state index in [0.717, 1.165) is 31.1 Å². The molecule has 1 aromatic rings. The van der Waals surface area contributed by atoms with Gasteiger partial charge in [-0.2, -0.15) is 0 Å². The number of carbonyl (C=O) groups is 1. The first-order valence-corrected chi connectivity index (χ1v) is 7.68. The molecule has 0 bridgehead atoms. The van der Waals surface area contributed by atoms with Crippen molar-refractivity contribution in [2.45, 2.75) is 39.5 Å². The van der Waals surface area contributed by atoms with Crippen molar-refractivity contribution in [1.82, 2.24) is 10.3 Å². The average Bonchev–Trinajstić information content (AvgIpc) is 2.88. The van der Waals surface area contributed by atoms with Gasteiger partial charge in [-0.3, -0.25) is 4.79 Å². The average molecular weight is 275 g/mol. The monoisotopic (exact) mass is 275 g/mol. The van der Waals surface area contributed by atoms with Crippen molar-refractivity contribution in [2.75, 3.05) is 18.4 Å². The molecule has 2 rings (SSSR count). The topological polar surface area (TPSA) is 54.0 Å². The van der Waals surface area contributed by atoms with E-state index in [-0.39, 0.29) is 5.91 Å². The summed E-state index contributed by atoms with van der Waals surface area (Å²) in [6, 6.07) is 3.70. The highest BCUT2D eigenvalue weighted by molar-refractivity contribution is 5.92. The molecule has 2 atom stereocenters. The molecule has 0 radical (unpaired) electrons. The van der Waals surface area contributed by atoms with E-state index >= 15 is 0 Å². The van der Waals surface area contributed by atoms with Gasteiger partial charge in [0.1, 0.15) is 5.69 Å². The van der Waals surface area contributed by atoms with Gasteiger partial charge in [-0.05, 0) is 36.8 Å². The number of hydrogen-bond donors (Lipinski definition) is 2. The Morgan fingerprint density at radius 2 is 2.25 bits per heavy atom. The van der Waals surface area contributed by atoms with Crippen molar-refractivity contribution in [1.29, 1.82) is 0 Å². The molecule has 110 valence electrons. The van der Waals surface area contributed by atoms with E-state index in [4.69, 9.17) is 0 Å². The van der Waals surface area contributed by atoms with Gasteiger partial charge in [0.15, 0.2) is 0 Å². The lowest BCUT2D eigenvalue weighted by atomic mass is 9.98. The van der Waals surface area contributed by atoms with Gasteiger partial charge in [-0.1, -0.05) is 26.7 Å². The molecule has 2 N–H and O–H groups in total. The Bertz CT molecular complexity index is 430. The van der Waals surface area contributed by atoms with Gasteiger partial charge in [0.2, 0.25) is 0 Å². The number of aromatic nitrogens is 1. The van der Waals surface area contributed by atoms with E-state index < -0.39 is 0 Å². The number of amides is 1. The Kier molecular flexibility index (Phi) is 5.39. The summed E-state index contributed by atoms with van der Waals surface area (Å²) in [6.45, 7) is 6.09. The summed E-state index contributed by atoms with van der Waals surface area (Å²) in [5.74, 6) is 1.29. The van der Waals surface area contributed by atoms with Crippen LogP contribution in [-0.2, 0) is 0 Å². The smallest absolute Gasteiger partial charge is 0.269 e. The number of anilines is 1. The van der Waals surface area contributed by atoms with Crippen molar-refractivity contribution in [3.8, 4) is 0 Å². The SMILES string of the molecule is CCCNc1ccc(C(=O)NCC2CCCC2C)nc1. The summed E-state index contributed by atoms with van der Waals surface area (Å²) in [5, 5.41) is 6.26. The first kappa shape index (κ1) is 14.8. The van der Waals surface area contributed by atoms with Crippen molar-refractivity contribution >= 4 is 11.6 Å². The molecular formula is C16H25N3O. The second-order valence-electron chi connectivity index (χ2n) is 5.74. The summed E-state index contributed by atoms with van der Waals surface area (Å²) in [7, 11) is 0. The van der Waals surface area contributed by atoms with Crippen molar-refractivity contribution in [3.05, 3.63) is 24.0 Å². The molecule has 0 saturated heterocycles. The maximum atomic E-state index is 12.0. The van der Waals surface area contributed by atoms with Gasteiger partial charge in [-0.25, -0.2) is 4.98 Å². The van der Waals surface area contributed by atoms with Crippen LogP contribution in [0, 0.1) is 11.8 Å². The highest BCUT2D eigenvalue weighted by Crippen LogP contribution is 2.30. The first-order chi connectivity index (χ1) is 9.70. The van der Waals surface area contributed by atoms with Crippen molar-refractivity contribution in [3.63, 3.8) is 0 Å². The quantitative estimate of drug-likeness (QED) is 0.839. The normalized spacial score (nSPS) is 21.7. The third kappa shape index (κ3) is 3.95.